The van der Waals surface area contributed by atoms with Crippen LogP contribution in [-0.4, -0.2) is 20.1 Å². The largest absolute Gasteiger partial charge is 0.383 e. The van der Waals surface area contributed by atoms with Crippen LogP contribution in [0.2, 0.25) is 0 Å². The maximum atomic E-state index is 3.44. The normalized spacial score (nSPS) is 10.3. The average molecular weight is 333 g/mol. The molecule has 2 rings (SSSR count). The third kappa shape index (κ3) is 4.27. The van der Waals surface area contributed by atoms with Crippen LogP contribution in [0.3, 0.4) is 0 Å². The second-order valence-corrected chi connectivity index (χ2v) is 5.79. The SMILES string of the molecule is CCc1ccc(N(C)CCNc2ccc(Br)cc2)cc1. The molecule has 3 heteroatoms. The lowest BCUT2D eigenvalue weighted by molar-refractivity contribution is 0.914. The van der Waals surface area contributed by atoms with Crippen LogP contribution in [0.25, 0.3) is 0 Å². The van der Waals surface area contributed by atoms with E-state index >= 15 is 0 Å². The average Bonchev–Trinajstić information content (AvgIpc) is 2.49. The predicted octanol–water partition coefficient (Wildman–Crippen LogP) is 4.56. The highest BCUT2D eigenvalue weighted by Gasteiger charge is 2.00. The van der Waals surface area contributed by atoms with Gasteiger partial charge < -0.3 is 10.2 Å². The van der Waals surface area contributed by atoms with Crippen molar-refractivity contribution in [3.05, 3.63) is 58.6 Å². The lowest BCUT2D eigenvalue weighted by Gasteiger charge is -2.20. The van der Waals surface area contributed by atoms with Gasteiger partial charge in [0.25, 0.3) is 0 Å². The van der Waals surface area contributed by atoms with E-state index in [9.17, 15) is 0 Å². The number of halogens is 1. The molecule has 0 atom stereocenters. The van der Waals surface area contributed by atoms with Gasteiger partial charge >= 0.3 is 0 Å². The van der Waals surface area contributed by atoms with E-state index in [1.807, 2.05) is 0 Å². The predicted molar refractivity (Wildman–Crippen MR) is 91.7 cm³/mol. The Morgan fingerprint density at radius 3 is 2.25 bits per heavy atom. The van der Waals surface area contributed by atoms with E-state index in [1.54, 1.807) is 0 Å². The number of benzene rings is 2. The molecule has 0 spiro atoms. The summed E-state index contributed by atoms with van der Waals surface area (Å²) >= 11 is 3.44. The molecule has 0 bridgehead atoms. The van der Waals surface area contributed by atoms with Gasteiger partial charge in [-0.15, -0.1) is 0 Å². The molecular formula is C17H21BrN2. The van der Waals surface area contributed by atoms with E-state index in [1.165, 1.54) is 11.3 Å². The van der Waals surface area contributed by atoms with Crippen molar-refractivity contribution in [3.63, 3.8) is 0 Å². The fourth-order valence-electron chi connectivity index (χ4n) is 2.05. The molecular weight excluding hydrogens is 312 g/mol. The molecule has 0 unspecified atom stereocenters. The number of hydrogen-bond acceptors (Lipinski definition) is 2. The fourth-order valence-corrected chi connectivity index (χ4v) is 2.32. The van der Waals surface area contributed by atoms with Crippen molar-refractivity contribution < 1.29 is 0 Å². The van der Waals surface area contributed by atoms with Gasteiger partial charge in [-0.25, -0.2) is 0 Å². The van der Waals surface area contributed by atoms with Crippen LogP contribution in [0.1, 0.15) is 12.5 Å². The highest BCUT2D eigenvalue weighted by molar-refractivity contribution is 9.10. The molecule has 0 saturated heterocycles. The quantitative estimate of drug-likeness (QED) is 0.834. The first-order valence-corrected chi connectivity index (χ1v) is 7.78. The number of nitrogens with one attached hydrogen (secondary N) is 1. The Bertz CT molecular complexity index is 520. The summed E-state index contributed by atoms with van der Waals surface area (Å²) in [5.74, 6) is 0. The van der Waals surface area contributed by atoms with Gasteiger partial charge in [0.05, 0.1) is 0 Å². The minimum atomic E-state index is 0.924. The first-order chi connectivity index (χ1) is 9.69. The molecule has 106 valence electrons. The van der Waals surface area contributed by atoms with Gasteiger partial charge in [0, 0.05) is 36.0 Å². The third-order valence-electron chi connectivity index (χ3n) is 3.41. The van der Waals surface area contributed by atoms with Crippen LogP contribution in [-0.2, 0) is 6.42 Å². The number of hydrogen-bond donors (Lipinski definition) is 1. The molecule has 2 nitrogen and oxygen atoms in total. The van der Waals surface area contributed by atoms with Gasteiger partial charge in [-0.3, -0.25) is 0 Å². The highest BCUT2D eigenvalue weighted by Crippen LogP contribution is 2.15. The van der Waals surface area contributed by atoms with Gasteiger partial charge in [0.2, 0.25) is 0 Å². The Labute approximate surface area is 129 Å². The summed E-state index contributed by atoms with van der Waals surface area (Å²) in [7, 11) is 2.13. The van der Waals surface area contributed by atoms with Gasteiger partial charge in [0.15, 0.2) is 0 Å². The maximum absolute atomic E-state index is 3.44. The van der Waals surface area contributed by atoms with Crippen molar-refractivity contribution in [1.29, 1.82) is 0 Å². The monoisotopic (exact) mass is 332 g/mol. The Hall–Kier alpha value is -1.48. The molecule has 0 aliphatic carbocycles. The lowest BCUT2D eigenvalue weighted by Crippen LogP contribution is -2.24. The van der Waals surface area contributed by atoms with E-state index in [4.69, 9.17) is 0 Å². The smallest absolute Gasteiger partial charge is 0.0364 e. The van der Waals surface area contributed by atoms with E-state index in [0.717, 1.165) is 29.7 Å². The summed E-state index contributed by atoms with van der Waals surface area (Å²) in [6.07, 6.45) is 1.09. The van der Waals surface area contributed by atoms with E-state index in [-0.39, 0.29) is 0 Å². The summed E-state index contributed by atoms with van der Waals surface area (Å²) in [5, 5.41) is 3.43. The second kappa shape index (κ2) is 7.34. The summed E-state index contributed by atoms with van der Waals surface area (Å²) in [4.78, 5) is 2.27. The first kappa shape index (κ1) is 14.9. The van der Waals surface area contributed by atoms with Gasteiger partial charge in [-0.1, -0.05) is 35.0 Å². The van der Waals surface area contributed by atoms with Gasteiger partial charge in [-0.2, -0.15) is 0 Å². The van der Waals surface area contributed by atoms with E-state index in [2.05, 4.69) is 88.6 Å². The zero-order chi connectivity index (χ0) is 14.4. The topological polar surface area (TPSA) is 15.3 Å². The molecule has 0 fully saturated rings. The molecule has 0 saturated carbocycles. The molecule has 0 aliphatic heterocycles. The number of likely N-dealkylation sites (N-methyl/N-ethyl adjacent to an activating group) is 1. The summed E-state index contributed by atoms with van der Waals surface area (Å²) in [6, 6.07) is 17.1. The maximum Gasteiger partial charge on any atom is 0.0364 e. The number of rotatable bonds is 6. The summed E-state index contributed by atoms with van der Waals surface area (Å²) < 4.78 is 1.11. The van der Waals surface area contributed by atoms with Crippen molar-refractivity contribution in [1.82, 2.24) is 0 Å². The Morgan fingerprint density at radius 1 is 1.00 bits per heavy atom. The molecule has 1 N–H and O–H groups in total. The fraction of sp³-hybridized carbons (Fsp3) is 0.294. The van der Waals surface area contributed by atoms with Crippen molar-refractivity contribution in [2.45, 2.75) is 13.3 Å². The first-order valence-electron chi connectivity index (χ1n) is 6.98. The zero-order valence-corrected chi connectivity index (χ0v) is 13.7. The minimum absolute atomic E-state index is 0.924. The summed E-state index contributed by atoms with van der Waals surface area (Å²) in [6.45, 7) is 4.08. The number of anilines is 2. The Kier molecular flexibility index (Phi) is 5.48. The Morgan fingerprint density at radius 2 is 1.65 bits per heavy atom. The molecule has 0 aliphatic rings. The third-order valence-corrected chi connectivity index (χ3v) is 3.93. The van der Waals surface area contributed by atoms with Gasteiger partial charge in [0.1, 0.15) is 0 Å². The molecule has 0 radical (unpaired) electrons. The standard InChI is InChI=1S/C17H21BrN2/c1-3-14-4-10-17(11-5-14)20(2)13-12-19-16-8-6-15(18)7-9-16/h4-11,19H,3,12-13H2,1-2H3. The van der Waals surface area contributed by atoms with Crippen LogP contribution in [0, 0.1) is 0 Å². The minimum Gasteiger partial charge on any atom is -0.383 e. The molecule has 2 aromatic carbocycles. The van der Waals surface area contributed by atoms with Crippen molar-refractivity contribution in [3.8, 4) is 0 Å². The molecule has 0 amide bonds. The zero-order valence-electron chi connectivity index (χ0n) is 12.1. The van der Waals surface area contributed by atoms with E-state index < -0.39 is 0 Å². The lowest BCUT2D eigenvalue weighted by atomic mass is 10.1. The molecule has 0 aromatic heterocycles. The molecule has 0 heterocycles. The molecule has 2 aromatic rings. The number of nitrogens with zero attached hydrogens (tertiary/aromatic N) is 1. The van der Waals surface area contributed by atoms with Gasteiger partial charge in [-0.05, 0) is 48.4 Å². The summed E-state index contributed by atoms with van der Waals surface area (Å²) in [5.41, 5.74) is 3.80. The van der Waals surface area contributed by atoms with Crippen LogP contribution in [0.4, 0.5) is 11.4 Å². The van der Waals surface area contributed by atoms with Crippen molar-refractivity contribution in [2.75, 3.05) is 30.4 Å². The number of aryl methyl sites for hydroxylation is 1. The highest BCUT2D eigenvalue weighted by atomic mass is 79.9. The van der Waals surface area contributed by atoms with Crippen molar-refractivity contribution >= 4 is 27.3 Å². The molecule has 20 heavy (non-hydrogen) atoms. The van der Waals surface area contributed by atoms with E-state index in [0.29, 0.717) is 0 Å². The van der Waals surface area contributed by atoms with Crippen LogP contribution >= 0.6 is 15.9 Å². The van der Waals surface area contributed by atoms with Crippen LogP contribution in [0.15, 0.2) is 53.0 Å². The van der Waals surface area contributed by atoms with Crippen molar-refractivity contribution in [2.24, 2.45) is 0 Å². The Balaban J connectivity index is 1.82. The second-order valence-electron chi connectivity index (χ2n) is 4.88. The van der Waals surface area contributed by atoms with Crippen LogP contribution < -0.4 is 10.2 Å². The van der Waals surface area contributed by atoms with Crippen LogP contribution in [0.5, 0.6) is 0 Å².